The predicted molar refractivity (Wildman–Crippen MR) is 92.9 cm³/mol. The molecule has 0 radical (unpaired) electrons. The Kier molecular flexibility index (Phi) is 5.20. The zero-order chi connectivity index (χ0) is 21.6. The molecule has 3 heterocycles. The van der Waals surface area contributed by atoms with E-state index in [1.165, 1.54) is 17.7 Å². The molecule has 0 saturated carbocycles. The van der Waals surface area contributed by atoms with E-state index < -0.39 is 29.2 Å². The molecule has 0 N–H and O–H groups in total. The number of alkyl halides is 6. The lowest BCUT2D eigenvalue weighted by Gasteiger charge is -2.12. The summed E-state index contributed by atoms with van der Waals surface area (Å²) in [4.78, 5) is 11.9. The Morgan fingerprint density at radius 2 is 1.79 bits per heavy atom. The zero-order valence-corrected chi connectivity index (χ0v) is 15.7. The molecule has 0 aromatic carbocycles. The second kappa shape index (κ2) is 7.22. The number of halogens is 6. The summed E-state index contributed by atoms with van der Waals surface area (Å²) >= 11 is 1.09. The van der Waals surface area contributed by atoms with Crippen LogP contribution in [0, 0.1) is 11.3 Å². The zero-order valence-electron chi connectivity index (χ0n) is 14.9. The van der Waals surface area contributed by atoms with Crippen molar-refractivity contribution in [3.05, 3.63) is 35.2 Å². The van der Waals surface area contributed by atoms with Gasteiger partial charge < -0.3 is 4.57 Å². The van der Waals surface area contributed by atoms with E-state index in [1.807, 2.05) is 0 Å². The molecule has 0 aliphatic rings. The molecular weight excluding hydrogens is 420 g/mol. The van der Waals surface area contributed by atoms with Crippen LogP contribution in [0.3, 0.4) is 0 Å². The number of imidazole rings is 1. The number of fused-ring (bicyclic) bond motifs is 1. The van der Waals surface area contributed by atoms with E-state index in [0.29, 0.717) is 18.0 Å². The second-order valence-electron chi connectivity index (χ2n) is 5.83. The molecule has 3 aromatic heterocycles. The molecule has 0 amide bonds. The van der Waals surface area contributed by atoms with Crippen LogP contribution in [-0.4, -0.2) is 25.3 Å². The highest BCUT2D eigenvalue weighted by Gasteiger charge is 2.36. The normalized spacial score (nSPS) is 12.4. The van der Waals surface area contributed by atoms with Crippen molar-refractivity contribution in [1.82, 2.24) is 19.5 Å². The monoisotopic (exact) mass is 431 g/mol. The summed E-state index contributed by atoms with van der Waals surface area (Å²) in [5.41, 5.74) is -3.08. The van der Waals surface area contributed by atoms with Crippen molar-refractivity contribution in [3.8, 4) is 17.6 Å². The second-order valence-corrected chi connectivity index (χ2v) is 7.14. The standard InChI is InChI=1S/C17H11F6N5S/c1-3-29-12-4-8(16(18,19)20)7-25-13(12)15-26-10-5-9(17(21,22)23)11(6-24)27-14(10)28(15)2/h4-5,7H,3H2,1-2H3. The maximum absolute atomic E-state index is 13.2. The summed E-state index contributed by atoms with van der Waals surface area (Å²) in [6, 6.07) is 3.03. The van der Waals surface area contributed by atoms with Gasteiger partial charge in [-0.25, -0.2) is 9.97 Å². The molecular formula is C17H11F6N5S. The summed E-state index contributed by atoms with van der Waals surface area (Å²) in [6.07, 6.45) is -8.75. The van der Waals surface area contributed by atoms with Crippen molar-refractivity contribution in [2.24, 2.45) is 7.05 Å². The highest BCUT2D eigenvalue weighted by Crippen LogP contribution is 2.37. The van der Waals surface area contributed by atoms with Crippen molar-refractivity contribution >= 4 is 22.9 Å². The number of nitriles is 1. The van der Waals surface area contributed by atoms with Gasteiger partial charge >= 0.3 is 12.4 Å². The molecule has 5 nitrogen and oxygen atoms in total. The van der Waals surface area contributed by atoms with Crippen molar-refractivity contribution in [2.75, 3.05) is 5.75 Å². The first-order valence-corrected chi connectivity index (χ1v) is 9.01. The van der Waals surface area contributed by atoms with Crippen molar-refractivity contribution in [1.29, 1.82) is 5.26 Å². The van der Waals surface area contributed by atoms with Crippen LogP contribution in [0.2, 0.25) is 0 Å². The van der Waals surface area contributed by atoms with Crippen LogP contribution >= 0.6 is 11.8 Å². The van der Waals surface area contributed by atoms with Gasteiger partial charge in [0.05, 0.1) is 11.1 Å². The molecule has 12 heteroatoms. The minimum absolute atomic E-state index is 0.0151. The average Bonchev–Trinajstić information content (AvgIpc) is 2.95. The molecule has 0 unspecified atom stereocenters. The van der Waals surface area contributed by atoms with Crippen molar-refractivity contribution < 1.29 is 26.3 Å². The van der Waals surface area contributed by atoms with Gasteiger partial charge in [0.1, 0.15) is 17.3 Å². The van der Waals surface area contributed by atoms with Gasteiger partial charge in [-0.15, -0.1) is 11.8 Å². The van der Waals surface area contributed by atoms with Gasteiger partial charge in [0.15, 0.2) is 17.2 Å². The number of hydrogen-bond donors (Lipinski definition) is 0. The first kappa shape index (κ1) is 20.9. The van der Waals surface area contributed by atoms with Gasteiger partial charge in [0.25, 0.3) is 0 Å². The minimum Gasteiger partial charge on any atom is -0.310 e. The Hall–Kier alpha value is -2.81. The third-order valence-electron chi connectivity index (χ3n) is 3.95. The summed E-state index contributed by atoms with van der Waals surface area (Å²) in [5, 5.41) is 9.01. The highest BCUT2D eigenvalue weighted by atomic mass is 32.2. The molecule has 3 rings (SSSR count). The predicted octanol–water partition coefficient (Wildman–Crippen LogP) is 5.05. The van der Waals surface area contributed by atoms with E-state index in [-0.39, 0.29) is 27.6 Å². The molecule has 0 fully saturated rings. The summed E-state index contributed by atoms with van der Waals surface area (Å²) in [5.74, 6) is 0.481. The smallest absolute Gasteiger partial charge is 0.310 e. The van der Waals surface area contributed by atoms with Gasteiger partial charge in [-0.2, -0.15) is 31.6 Å². The van der Waals surface area contributed by atoms with Crippen LogP contribution in [0.25, 0.3) is 22.7 Å². The third-order valence-corrected chi connectivity index (χ3v) is 4.86. The van der Waals surface area contributed by atoms with Gasteiger partial charge in [0, 0.05) is 18.1 Å². The minimum atomic E-state index is -4.81. The van der Waals surface area contributed by atoms with E-state index in [2.05, 4.69) is 15.0 Å². The first-order valence-electron chi connectivity index (χ1n) is 8.02. The van der Waals surface area contributed by atoms with Crippen LogP contribution < -0.4 is 0 Å². The summed E-state index contributed by atoms with van der Waals surface area (Å²) < 4.78 is 79.8. The van der Waals surface area contributed by atoms with E-state index in [4.69, 9.17) is 5.26 Å². The molecule has 0 aliphatic carbocycles. The third kappa shape index (κ3) is 3.87. The maximum atomic E-state index is 13.2. The summed E-state index contributed by atoms with van der Waals surface area (Å²) in [6.45, 7) is 1.74. The maximum Gasteiger partial charge on any atom is 0.419 e. The highest BCUT2D eigenvalue weighted by molar-refractivity contribution is 7.99. The van der Waals surface area contributed by atoms with E-state index in [0.717, 1.165) is 17.8 Å². The average molecular weight is 431 g/mol. The largest absolute Gasteiger partial charge is 0.419 e. The van der Waals surface area contributed by atoms with Crippen LogP contribution in [0.4, 0.5) is 26.3 Å². The van der Waals surface area contributed by atoms with Gasteiger partial charge in [-0.1, -0.05) is 6.92 Å². The SMILES string of the molecule is CCSc1cc(C(F)(F)F)cnc1-c1nc2cc(C(F)(F)F)c(C#N)nc2n1C. The van der Waals surface area contributed by atoms with Crippen LogP contribution in [0.5, 0.6) is 0 Å². The van der Waals surface area contributed by atoms with E-state index in [9.17, 15) is 26.3 Å². The number of pyridine rings is 2. The van der Waals surface area contributed by atoms with Crippen LogP contribution in [-0.2, 0) is 19.4 Å². The Morgan fingerprint density at radius 3 is 2.34 bits per heavy atom. The van der Waals surface area contributed by atoms with Crippen molar-refractivity contribution in [3.63, 3.8) is 0 Å². The molecule has 0 atom stereocenters. The molecule has 0 saturated heterocycles. The fourth-order valence-electron chi connectivity index (χ4n) is 2.66. The van der Waals surface area contributed by atoms with Crippen LogP contribution in [0.1, 0.15) is 23.7 Å². The summed E-state index contributed by atoms with van der Waals surface area (Å²) in [7, 11) is 1.44. The number of rotatable bonds is 3. The number of hydrogen-bond acceptors (Lipinski definition) is 5. The fraction of sp³-hybridized carbons (Fsp3) is 0.294. The first-order chi connectivity index (χ1) is 13.5. The molecule has 0 aliphatic heterocycles. The lowest BCUT2D eigenvalue weighted by atomic mass is 10.2. The molecule has 3 aromatic rings. The Morgan fingerprint density at radius 1 is 1.10 bits per heavy atom. The fourth-order valence-corrected chi connectivity index (χ4v) is 3.46. The van der Waals surface area contributed by atoms with Crippen LogP contribution in [0.15, 0.2) is 23.2 Å². The molecule has 0 bridgehead atoms. The number of aromatic nitrogens is 4. The number of aryl methyl sites for hydroxylation is 1. The van der Waals surface area contributed by atoms with Gasteiger partial charge in [-0.3, -0.25) is 4.98 Å². The van der Waals surface area contributed by atoms with Crippen molar-refractivity contribution in [2.45, 2.75) is 24.2 Å². The van der Waals surface area contributed by atoms with E-state index in [1.54, 1.807) is 6.92 Å². The number of thioether (sulfide) groups is 1. The lowest BCUT2D eigenvalue weighted by molar-refractivity contribution is -0.138. The quantitative estimate of drug-likeness (QED) is 0.429. The topological polar surface area (TPSA) is 67.4 Å². The molecule has 0 spiro atoms. The van der Waals surface area contributed by atoms with E-state index >= 15 is 0 Å². The number of nitrogens with zero attached hydrogens (tertiary/aromatic N) is 5. The Bertz CT molecular complexity index is 1130. The van der Waals surface area contributed by atoms with Gasteiger partial charge in [-0.05, 0) is 17.9 Å². The Balaban J connectivity index is 2.25. The Labute approximate surface area is 164 Å². The molecule has 152 valence electrons. The molecule has 29 heavy (non-hydrogen) atoms. The van der Waals surface area contributed by atoms with Gasteiger partial charge in [0.2, 0.25) is 0 Å². The lowest BCUT2D eigenvalue weighted by Crippen LogP contribution is -2.09.